The van der Waals surface area contributed by atoms with Gasteiger partial charge >= 0.3 is 5.97 Å². The molecule has 0 aliphatic heterocycles. The molecule has 0 aliphatic carbocycles. The Morgan fingerprint density at radius 3 is 2.75 bits per heavy atom. The van der Waals surface area contributed by atoms with Crippen LogP contribution in [0.1, 0.15) is 36.5 Å². The van der Waals surface area contributed by atoms with E-state index in [1.807, 2.05) is 0 Å². The van der Waals surface area contributed by atoms with E-state index in [2.05, 4.69) is 6.92 Å². The minimum absolute atomic E-state index is 0.239. The summed E-state index contributed by atoms with van der Waals surface area (Å²) in [5, 5.41) is 9.31. The summed E-state index contributed by atoms with van der Waals surface area (Å²) < 4.78 is 0. The molecule has 0 saturated heterocycles. The second-order valence-electron chi connectivity index (χ2n) is 3.51. The third kappa shape index (κ3) is 4.06. The van der Waals surface area contributed by atoms with E-state index in [4.69, 9.17) is 16.7 Å². The first kappa shape index (κ1) is 13.4. The molecule has 0 atom stereocenters. The van der Waals surface area contributed by atoms with Crippen LogP contribution in [0.25, 0.3) is 0 Å². The molecular formula is C12H15ClO2S. The lowest BCUT2D eigenvalue weighted by molar-refractivity contribution is 0.0697. The predicted octanol–water partition coefficient (Wildman–Crippen LogP) is 4.32. The number of carboxylic acids is 1. The van der Waals surface area contributed by atoms with Crippen LogP contribution in [0.3, 0.4) is 0 Å². The molecule has 88 valence electrons. The highest BCUT2D eigenvalue weighted by molar-refractivity contribution is 7.99. The van der Waals surface area contributed by atoms with E-state index in [1.54, 1.807) is 23.9 Å². The number of rotatable bonds is 6. The SMILES string of the molecule is CCCCCSc1ccc(C(=O)O)cc1Cl. The number of carboxylic acid groups (broad SMARTS) is 1. The number of unbranched alkanes of at least 4 members (excludes halogenated alkanes) is 2. The van der Waals surface area contributed by atoms with Crippen LogP contribution in [0.4, 0.5) is 0 Å². The average molecular weight is 259 g/mol. The van der Waals surface area contributed by atoms with E-state index < -0.39 is 5.97 Å². The summed E-state index contributed by atoms with van der Waals surface area (Å²) in [6.45, 7) is 2.17. The average Bonchev–Trinajstić information content (AvgIpc) is 2.26. The van der Waals surface area contributed by atoms with Gasteiger partial charge < -0.3 is 5.11 Å². The smallest absolute Gasteiger partial charge is 0.335 e. The van der Waals surface area contributed by atoms with Gasteiger partial charge in [0.1, 0.15) is 0 Å². The quantitative estimate of drug-likeness (QED) is 0.610. The molecule has 1 N–H and O–H groups in total. The second-order valence-corrected chi connectivity index (χ2v) is 5.05. The molecule has 0 radical (unpaired) electrons. The van der Waals surface area contributed by atoms with Gasteiger partial charge in [-0.25, -0.2) is 4.79 Å². The maximum Gasteiger partial charge on any atom is 0.335 e. The zero-order chi connectivity index (χ0) is 12.0. The van der Waals surface area contributed by atoms with Gasteiger partial charge in [0.15, 0.2) is 0 Å². The fourth-order valence-electron chi connectivity index (χ4n) is 1.29. The molecule has 0 amide bonds. The van der Waals surface area contributed by atoms with Crippen LogP contribution in [-0.4, -0.2) is 16.8 Å². The van der Waals surface area contributed by atoms with E-state index in [1.165, 1.54) is 18.9 Å². The number of carbonyl (C=O) groups is 1. The fraction of sp³-hybridized carbons (Fsp3) is 0.417. The third-order valence-electron chi connectivity index (χ3n) is 2.18. The van der Waals surface area contributed by atoms with Crippen LogP contribution in [0.5, 0.6) is 0 Å². The van der Waals surface area contributed by atoms with Crippen LogP contribution in [0, 0.1) is 0 Å². The third-order valence-corrected chi connectivity index (χ3v) is 3.77. The molecule has 0 bridgehead atoms. The van der Waals surface area contributed by atoms with Crippen molar-refractivity contribution in [3.63, 3.8) is 0 Å². The highest BCUT2D eigenvalue weighted by atomic mass is 35.5. The van der Waals surface area contributed by atoms with E-state index in [-0.39, 0.29) is 5.56 Å². The zero-order valence-corrected chi connectivity index (χ0v) is 10.8. The van der Waals surface area contributed by atoms with Gasteiger partial charge in [-0.1, -0.05) is 31.4 Å². The molecule has 0 unspecified atom stereocenters. The predicted molar refractivity (Wildman–Crippen MR) is 68.7 cm³/mol. The van der Waals surface area contributed by atoms with E-state index in [9.17, 15) is 4.79 Å². The summed E-state index contributed by atoms with van der Waals surface area (Å²) in [6.07, 6.45) is 3.59. The van der Waals surface area contributed by atoms with Gasteiger partial charge in [-0.3, -0.25) is 0 Å². The Kier molecular flexibility index (Phi) is 5.71. The summed E-state index contributed by atoms with van der Waals surface area (Å²) in [7, 11) is 0. The van der Waals surface area contributed by atoms with Gasteiger partial charge in [0, 0.05) is 4.90 Å². The van der Waals surface area contributed by atoms with Crippen molar-refractivity contribution in [2.75, 3.05) is 5.75 Å². The molecule has 0 aliphatic rings. The number of benzene rings is 1. The monoisotopic (exact) mass is 258 g/mol. The lowest BCUT2D eigenvalue weighted by Gasteiger charge is -2.04. The Hall–Kier alpha value is -0.670. The molecule has 1 rings (SSSR count). The minimum atomic E-state index is -0.940. The molecule has 2 nitrogen and oxygen atoms in total. The summed E-state index contributed by atoms with van der Waals surface area (Å²) >= 11 is 7.68. The van der Waals surface area contributed by atoms with Crippen LogP contribution in [-0.2, 0) is 0 Å². The van der Waals surface area contributed by atoms with Crippen molar-refractivity contribution in [1.82, 2.24) is 0 Å². The molecule has 0 fully saturated rings. The van der Waals surface area contributed by atoms with Crippen molar-refractivity contribution in [1.29, 1.82) is 0 Å². The van der Waals surface area contributed by atoms with Crippen molar-refractivity contribution in [3.05, 3.63) is 28.8 Å². The Morgan fingerprint density at radius 1 is 1.44 bits per heavy atom. The molecule has 0 aromatic heterocycles. The molecule has 16 heavy (non-hydrogen) atoms. The Morgan fingerprint density at radius 2 is 2.19 bits per heavy atom. The van der Waals surface area contributed by atoms with Crippen LogP contribution >= 0.6 is 23.4 Å². The van der Waals surface area contributed by atoms with Crippen molar-refractivity contribution < 1.29 is 9.90 Å². The van der Waals surface area contributed by atoms with E-state index in [0.29, 0.717) is 5.02 Å². The Labute approximate surface area is 105 Å². The number of hydrogen-bond donors (Lipinski definition) is 1. The number of aromatic carboxylic acids is 1. The highest BCUT2D eigenvalue weighted by Crippen LogP contribution is 2.28. The fourth-order valence-corrected chi connectivity index (χ4v) is 2.56. The van der Waals surface area contributed by atoms with Gasteiger partial charge in [-0.05, 0) is 30.4 Å². The maximum atomic E-state index is 10.7. The van der Waals surface area contributed by atoms with Gasteiger partial charge in [0.2, 0.25) is 0 Å². The number of thioether (sulfide) groups is 1. The van der Waals surface area contributed by atoms with Crippen molar-refractivity contribution >= 4 is 29.3 Å². The molecule has 4 heteroatoms. The molecule has 0 saturated carbocycles. The number of halogens is 1. The molecule has 0 spiro atoms. The largest absolute Gasteiger partial charge is 0.478 e. The summed E-state index contributed by atoms with van der Waals surface area (Å²) in [5.74, 6) is 0.0874. The number of hydrogen-bond acceptors (Lipinski definition) is 2. The first-order valence-corrected chi connectivity index (χ1v) is 6.67. The van der Waals surface area contributed by atoms with Crippen molar-refractivity contribution in [2.24, 2.45) is 0 Å². The van der Waals surface area contributed by atoms with E-state index >= 15 is 0 Å². The van der Waals surface area contributed by atoms with Crippen LogP contribution < -0.4 is 0 Å². The van der Waals surface area contributed by atoms with Gasteiger partial charge in [-0.15, -0.1) is 11.8 Å². The first-order valence-electron chi connectivity index (χ1n) is 5.30. The van der Waals surface area contributed by atoms with Gasteiger partial charge in [0.25, 0.3) is 0 Å². The zero-order valence-electron chi connectivity index (χ0n) is 9.20. The molecular weight excluding hydrogens is 244 g/mol. The first-order chi connectivity index (χ1) is 7.65. The lowest BCUT2D eigenvalue weighted by Crippen LogP contribution is -1.95. The molecule has 1 aromatic carbocycles. The summed E-state index contributed by atoms with van der Waals surface area (Å²) in [5.41, 5.74) is 0.239. The normalized spacial score (nSPS) is 10.4. The Bertz CT molecular complexity index is 366. The maximum absolute atomic E-state index is 10.7. The topological polar surface area (TPSA) is 37.3 Å². The standard InChI is InChI=1S/C12H15ClO2S/c1-2-3-4-7-16-11-6-5-9(12(14)15)8-10(11)13/h5-6,8H,2-4,7H2,1H3,(H,14,15). The lowest BCUT2D eigenvalue weighted by atomic mass is 10.2. The summed E-state index contributed by atoms with van der Waals surface area (Å²) in [6, 6.07) is 4.88. The van der Waals surface area contributed by atoms with Crippen molar-refractivity contribution in [2.45, 2.75) is 31.1 Å². The van der Waals surface area contributed by atoms with Gasteiger partial charge in [0.05, 0.1) is 10.6 Å². The van der Waals surface area contributed by atoms with Crippen LogP contribution in [0.15, 0.2) is 23.1 Å². The van der Waals surface area contributed by atoms with E-state index in [0.717, 1.165) is 17.1 Å². The summed E-state index contributed by atoms with van der Waals surface area (Å²) in [4.78, 5) is 11.7. The van der Waals surface area contributed by atoms with Crippen LogP contribution in [0.2, 0.25) is 5.02 Å². The van der Waals surface area contributed by atoms with Gasteiger partial charge in [-0.2, -0.15) is 0 Å². The highest BCUT2D eigenvalue weighted by Gasteiger charge is 2.06. The molecule has 1 aromatic rings. The minimum Gasteiger partial charge on any atom is -0.478 e. The molecule has 0 heterocycles. The van der Waals surface area contributed by atoms with Crippen molar-refractivity contribution in [3.8, 4) is 0 Å². The Balaban J connectivity index is 2.57. The second kappa shape index (κ2) is 6.81.